The number of nitrogens with one attached hydrogen (secondary N) is 1. The van der Waals surface area contributed by atoms with Crippen LogP contribution in [-0.2, 0) is 0 Å². The van der Waals surface area contributed by atoms with Crippen LogP contribution >= 0.6 is 23.2 Å². The van der Waals surface area contributed by atoms with Crippen LogP contribution < -0.4 is 5.32 Å². The van der Waals surface area contributed by atoms with Gasteiger partial charge in [-0.2, -0.15) is 0 Å². The summed E-state index contributed by atoms with van der Waals surface area (Å²) in [4.78, 5) is 11.7. The molecule has 2 heterocycles. The molecule has 1 N–H and O–H groups in total. The second-order valence-electron chi connectivity index (χ2n) is 3.61. The zero-order valence-electron chi connectivity index (χ0n) is 9.36. The van der Waals surface area contributed by atoms with E-state index in [1.807, 2.05) is 6.92 Å². The lowest BCUT2D eigenvalue weighted by atomic mass is 10.2. The van der Waals surface area contributed by atoms with E-state index in [0.29, 0.717) is 11.5 Å². The summed E-state index contributed by atoms with van der Waals surface area (Å²) < 4.78 is 12.7. The van der Waals surface area contributed by atoms with Gasteiger partial charge in [-0.1, -0.05) is 11.6 Å². The van der Waals surface area contributed by atoms with E-state index in [4.69, 9.17) is 23.2 Å². The highest BCUT2D eigenvalue weighted by Crippen LogP contribution is 2.19. The molecule has 0 saturated heterocycles. The molecule has 18 heavy (non-hydrogen) atoms. The molecular weight excluding hydrogens is 278 g/mol. The second-order valence-corrected chi connectivity index (χ2v) is 4.34. The highest BCUT2D eigenvalue weighted by atomic mass is 35.5. The van der Waals surface area contributed by atoms with Crippen LogP contribution in [0.3, 0.4) is 0 Å². The third-order valence-electron chi connectivity index (χ3n) is 2.23. The summed E-state index contributed by atoms with van der Waals surface area (Å²) in [5, 5.41) is 3.36. The molecule has 0 fully saturated rings. The molecule has 0 amide bonds. The van der Waals surface area contributed by atoms with E-state index in [2.05, 4.69) is 20.3 Å². The maximum Gasteiger partial charge on any atom is 0.225 e. The number of hydrogen-bond acceptors (Lipinski definition) is 4. The van der Waals surface area contributed by atoms with Gasteiger partial charge in [0.1, 0.15) is 16.8 Å². The predicted octanol–water partition coefficient (Wildman–Crippen LogP) is 3.49. The molecule has 2 aromatic heterocycles. The van der Waals surface area contributed by atoms with Crippen molar-refractivity contribution in [3.63, 3.8) is 0 Å². The van der Waals surface area contributed by atoms with Crippen LogP contribution in [0.5, 0.6) is 0 Å². The van der Waals surface area contributed by atoms with Crippen LogP contribution in [0.4, 0.5) is 10.2 Å². The minimum Gasteiger partial charge on any atom is -0.362 e. The Balaban J connectivity index is 2.15. The SMILES string of the molecule is C[C@H](Nc1cc(Cl)nc(Cl)n1)c1ccc(F)cn1. The lowest BCUT2D eigenvalue weighted by Gasteiger charge is -2.13. The van der Waals surface area contributed by atoms with Gasteiger partial charge in [-0.15, -0.1) is 0 Å². The maximum atomic E-state index is 12.7. The van der Waals surface area contributed by atoms with Gasteiger partial charge in [-0.05, 0) is 30.7 Å². The fourth-order valence-electron chi connectivity index (χ4n) is 1.40. The Morgan fingerprint density at radius 1 is 1.28 bits per heavy atom. The Kier molecular flexibility index (Phi) is 3.93. The van der Waals surface area contributed by atoms with E-state index in [1.165, 1.54) is 6.07 Å². The zero-order chi connectivity index (χ0) is 13.1. The van der Waals surface area contributed by atoms with E-state index in [0.717, 1.165) is 6.20 Å². The van der Waals surface area contributed by atoms with Gasteiger partial charge in [0.25, 0.3) is 0 Å². The van der Waals surface area contributed by atoms with Gasteiger partial charge in [0.15, 0.2) is 0 Å². The first-order valence-corrected chi connectivity index (χ1v) is 5.88. The molecule has 0 unspecified atom stereocenters. The minimum atomic E-state index is -0.376. The average molecular weight is 287 g/mol. The van der Waals surface area contributed by atoms with Crippen molar-refractivity contribution in [2.75, 3.05) is 5.32 Å². The molecule has 0 saturated carbocycles. The number of rotatable bonds is 3. The molecule has 7 heteroatoms. The third kappa shape index (κ3) is 3.27. The molecular formula is C11H9Cl2FN4. The topological polar surface area (TPSA) is 50.7 Å². The standard InChI is InChI=1S/C11H9Cl2FN4/c1-6(8-3-2-7(14)5-15-8)16-10-4-9(12)17-11(13)18-10/h2-6H,1H3,(H,16,17,18)/t6-/m0/s1. The number of anilines is 1. The van der Waals surface area contributed by atoms with Gasteiger partial charge in [0.05, 0.1) is 17.9 Å². The van der Waals surface area contributed by atoms with Crippen molar-refractivity contribution in [1.82, 2.24) is 15.0 Å². The lowest BCUT2D eigenvalue weighted by molar-refractivity contribution is 0.617. The van der Waals surface area contributed by atoms with Crippen LogP contribution in [-0.4, -0.2) is 15.0 Å². The van der Waals surface area contributed by atoms with Crippen LogP contribution in [0.25, 0.3) is 0 Å². The first-order chi connectivity index (χ1) is 8.54. The molecule has 0 aliphatic carbocycles. The summed E-state index contributed by atoms with van der Waals surface area (Å²) >= 11 is 11.4. The fourth-order valence-corrected chi connectivity index (χ4v) is 1.81. The maximum absolute atomic E-state index is 12.7. The molecule has 4 nitrogen and oxygen atoms in total. The Bertz CT molecular complexity index is 527. The van der Waals surface area contributed by atoms with Crippen molar-refractivity contribution in [2.45, 2.75) is 13.0 Å². The zero-order valence-corrected chi connectivity index (χ0v) is 10.9. The van der Waals surface area contributed by atoms with Gasteiger partial charge >= 0.3 is 0 Å². The van der Waals surface area contributed by atoms with Crippen LogP contribution in [0.2, 0.25) is 10.4 Å². The molecule has 0 aromatic carbocycles. The van der Waals surface area contributed by atoms with Crippen molar-refractivity contribution in [3.05, 3.63) is 46.3 Å². The van der Waals surface area contributed by atoms with E-state index < -0.39 is 0 Å². The summed E-state index contributed by atoms with van der Waals surface area (Å²) in [6.45, 7) is 1.87. The monoisotopic (exact) mass is 286 g/mol. The summed E-state index contributed by atoms with van der Waals surface area (Å²) in [6, 6.07) is 4.33. The highest BCUT2D eigenvalue weighted by molar-refractivity contribution is 6.32. The summed E-state index contributed by atoms with van der Waals surface area (Å²) in [7, 11) is 0. The van der Waals surface area contributed by atoms with Gasteiger partial charge in [-0.25, -0.2) is 14.4 Å². The molecule has 2 aromatic rings. The largest absolute Gasteiger partial charge is 0.362 e. The molecule has 94 valence electrons. The molecule has 2 rings (SSSR count). The van der Waals surface area contributed by atoms with Crippen LogP contribution in [0.15, 0.2) is 24.4 Å². The molecule has 1 atom stereocenters. The van der Waals surface area contributed by atoms with Crippen molar-refractivity contribution in [1.29, 1.82) is 0 Å². The van der Waals surface area contributed by atoms with Crippen molar-refractivity contribution >= 4 is 29.0 Å². The normalized spacial score (nSPS) is 12.2. The quantitative estimate of drug-likeness (QED) is 0.693. The average Bonchev–Trinajstić information content (AvgIpc) is 2.28. The predicted molar refractivity (Wildman–Crippen MR) is 68.3 cm³/mol. The first kappa shape index (κ1) is 13.0. The number of halogens is 3. The number of hydrogen-bond donors (Lipinski definition) is 1. The minimum absolute atomic E-state index is 0.0595. The summed E-state index contributed by atoms with van der Waals surface area (Å²) in [5.41, 5.74) is 0.683. The number of aromatic nitrogens is 3. The molecule has 0 bridgehead atoms. The second kappa shape index (κ2) is 5.46. The van der Waals surface area contributed by atoms with Crippen molar-refractivity contribution in [3.8, 4) is 0 Å². The molecule has 0 aliphatic rings. The number of nitrogens with zero attached hydrogens (tertiary/aromatic N) is 3. The van der Waals surface area contributed by atoms with Gasteiger partial charge in [-0.3, -0.25) is 4.98 Å². The van der Waals surface area contributed by atoms with E-state index >= 15 is 0 Å². The van der Waals surface area contributed by atoms with Crippen molar-refractivity contribution < 1.29 is 4.39 Å². The molecule has 0 radical (unpaired) electrons. The Morgan fingerprint density at radius 2 is 2.06 bits per heavy atom. The summed E-state index contributed by atoms with van der Waals surface area (Å²) in [5.74, 6) is 0.109. The van der Waals surface area contributed by atoms with E-state index in [1.54, 1.807) is 12.1 Å². The Hall–Kier alpha value is -1.46. The molecule has 0 aliphatic heterocycles. The Morgan fingerprint density at radius 3 is 2.67 bits per heavy atom. The molecule has 0 spiro atoms. The van der Waals surface area contributed by atoms with Gasteiger partial charge in [0.2, 0.25) is 5.28 Å². The Labute approximate surface area is 113 Å². The van der Waals surface area contributed by atoms with Crippen LogP contribution in [0, 0.1) is 5.82 Å². The lowest BCUT2D eigenvalue weighted by Crippen LogP contribution is -2.10. The van der Waals surface area contributed by atoms with Crippen molar-refractivity contribution in [2.24, 2.45) is 0 Å². The van der Waals surface area contributed by atoms with E-state index in [-0.39, 0.29) is 22.3 Å². The van der Waals surface area contributed by atoms with Crippen LogP contribution in [0.1, 0.15) is 18.7 Å². The smallest absolute Gasteiger partial charge is 0.225 e. The number of pyridine rings is 1. The fraction of sp³-hybridized carbons (Fsp3) is 0.182. The summed E-state index contributed by atoms with van der Waals surface area (Å²) in [6.07, 6.45) is 1.16. The van der Waals surface area contributed by atoms with Gasteiger partial charge in [0, 0.05) is 6.07 Å². The highest BCUT2D eigenvalue weighted by Gasteiger charge is 2.09. The third-order valence-corrected chi connectivity index (χ3v) is 2.59. The van der Waals surface area contributed by atoms with E-state index in [9.17, 15) is 4.39 Å². The van der Waals surface area contributed by atoms with Gasteiger partial charge < -0.3 is 5.32 Å². The first-order valence-electron chi connectivity index (χ1n) is 5.12.